The highest BCUT2D eigenvalue weighted by Gasteiger charge is 2.22. The van der Waals surface area contributed by atoms with Crippen molar-refractivity contribution in [2.24, 2.45) is 0 Å². The van der Waals surface area contributed by atoms with E-state index in [1.165, 1.54) is 6.20 Å². The third-order valence-corrected chi connectivity index (χ3v) is 6.99. The molecule has 0 saturated carbocycles. The van der Waals surface area contributed by atoms with E-state index in [4.69, 9.17) is 9.97 Å². The van der Waals surface area contributed by atoms with Crippen LogP contribution in [0.4, 0.5) is 4.39 Å². The Morgan fingerprint density at radius 1 is 0.950 bits per heavy atom. The lowest BCUT2D eigenvalue weighted by atomic mass is 9.98. The summed E-state index contributed by atoms with van der Waals surface area (Å²) in [7, 11) is 0. The second-order valence-electron chi connectivity index (χ2n) is 9.59. The van der Waals surface area contributed by atoms with Crippen molar-refractivity contribution in [3.8, 4) is 33.8 Å². The van der Waals surface area contributed by atoms with Crippen LogP contribution < -0.4 is 4.73 Å². The molecule has 9 nitrogen and oxygen atoms in total. The Kier molecular flexibility index (Phi) is 6.96. The van der Waals surface area contributed by atoms with E-state index < -0.39 is 6.67 Å². The average molecular weight is 536 g/mol. The highest BCUT2D eigenvalue weighted by atomic mass is 19.1. The highest BCUT2D eigenvalue weighted by Crippen LogP contribution is 2.31. The van der Waals surface area contributed by atoms with Gasteiger partial charge in [0.1, 0.15) is 18.0 Å². The van der Waals surface area contributed by atoms with Crippen molar-refractivity contribution >= 4 is 11.2 Å². The van der Waals surface area contributed by atoms with Gasteiger partial charge >= 0.3 is 0 Å². The molecule has 0 bridgehead atoms. The molecular weight excluding hydrogens is 507 g/mol. The lowest BCUT2D eigenvalue weighted by Crippen LogP contribution is -2.32. The summed E-state index contributed by atoms with van der Waals surface area (Å²) in [5, 5.41) is 24.8. The van der Waals surface area contributed by atoms with Crippen LogP contribution in [-0.2, 0) is 19.6 Å². The Morgan fingerprint density at radius 3 is 2.48 bits per heavy atom. The summed E-state index contributed by atoms with van der Waals surface area (Å²) in [6.45, 7) is 1.93. The average Bonchev–Trinajstić information content (AvgIpc) is 3.64. The number of alkyl halides is 1. The van der Waals surface area contributed by atoms with E-state index in [2.05, 4.69) is 56.4 Å². The molecule has 200 valence electrons. The van der Waals surface area contributed by atoms with E-state index >= 15 is 0 Å². The monoisotopic (exact) mass is 535 g/mol. The minimum Gasteiger partial charge on any atom is -0.308 e. The number of nitrogens with zero attached hydrogens (tertiary/aromatic N) is 7. The van der Waals surface area contributed by atoms with Gasteiger partial charge in [0.2, 0.25) is 12.0 Å². The quantitative estimate of drug-likeness (QED) is 0.191. The van der Waals surface area contributed by atoms with Crippen LogP contribution in [0.1, 0.15) is 36.8 Å². The Labute approximate surface area is 230 Å². The van der Waals surface area contributed by atoms with E-state index in [-0.39, 0.29) is 5.69 Å². The Balaban J connectivity index is 1.38. The van der Waals surface area contributed by atoms with Crippen LogP contribution >= 0.6 is 0 Å². The lowest BCUT2D eigenvalue weighted by molar-refractivity contribution is -0.896. The fourth-order valence-corrected chi connectivity index (χ4v) is 4.97. The number of aryl methyl sites for hydroxylation is 1. The zero-order valence-corrected chi connectivity index (χ0v) is 22.0. The van der Waals surface area contributed by atoms with Gasteiger partial charge in [-0.05, 0) is 40.5 Å². The molecule has 10 heteroatoms. The molecule has 0 amide bonds. The van der Waals surface area contributed by atoms with Crippen molar-refractivity contribution in [1.29, 1.82) is 0 Å². The summed E-state index contributed by atoms with van der Waals surface area (Å²) in [5.74, 6) is 1.45. The van der Waals surface area contributed by atoms with Crippen LogP contribution in [0.5, 0.6) is 0 Å². The molecule has 2 N–H and O–H groups in total. The third kappa shape index (κ3) is 4.79. The van der Waals surface area contributed by atoms with E-state index in [9.17, 15) is 9.60 Å². The molecule has 0 atom stereocenters. The number of imidazole rings is 1. The number of fused-ring (bicyclic) bond motifs is 1. The van der Waals surface area contributed by atoms with Gasteiger partial charge in [0, 0.05) is 28.8 Å². The summed E-state index contributed by atoms with van der Waals surface area (Å²) < 4.78 is 17.3. The summed E-state index contributed by atoms with van der Waals surface area (Å²) in [5.41, 5.74) is 6.57. The second-order valence-corrected chi connectivity index (χ2v) is 9.59. The second kappa shape index (κ2) is 11.0. The minimum atomic E-state index is -0.760. The van der Waals surface area contributed by atoms with Gasteiger partial charge in [-0.15, -0.1) is 10.2 Å². The summed E-state index contributed by atoms with van der Waals surface area (Å²) >= 11 is 0. The van der Waals surface area contributed by atoms with E-state index in [1.54, 1.807) is 18.2 Å². The molecule has 6 aromatic rings. The van der Waals surface area contributed by atoms with Gasteiger partial charge in [-0.25, -0.2) is 14.4 Å². The fraction of sp³-hybridized carbons (Fsp3) is 0.200. The van der Waals surface area contributed by atoms with Crippen molar-refractivity contribution in [3.05, 3.63) is 96.1 Å². The first-order valence-corrected chi connectivity index (χ1v) is 13.2. The first-order valence-electron chi connectivity index (χ1n) is 13.2. The molecule has 6 rings (SSSR count). The predicted molar refractivity (Wildman–Crippen MR) is 148 cm³/mol. The number of hydrogen-bond acceptors (Lipinski definition) is 6. The predicted octanol–water partition coefficient (Wildman–Crippen LogP) is 5.33. The molecule has 0 aliphatic heterocycles. The van der Waals surface area contributed by atoms with Crippen LogP contribution in [0.3, 0.4) is 0 Å². The zero-order valence-electron chi connectivity index (χ0n) is 22.0. The molecule has 40 heavy (non-hydrogen) atoms. The Bertz CT molecular complexity index is 1760. The molecule has 0 radical (unpaired) electrons. The SMILES string of the molecule is CCCCc1nc2cc(-c3cccc[n+]3O)c(CF)nc2n1Cc1ccc(-c2ccccc2-c2nn[nH]n2)cc1. The normalized spacial score (nSPS) is 11.3. The molecule has 0 saturated heterocycles. The maximum atomic E-state index is 14.2. The number of aromatic amines is 1. The molecule has 2 aromatic carbocycles. The molecule has 0 aliphatic rings. The summed E-state index contributed by atoms with van der Waals surface area (Å²) in [6, 6.07) is 23.3. The smallest absolute Gasteiger partial charge is 0.266 e. The fourth-order valence-electron chi connectivity index (χ4n) is 4.97. The third-order valence-electron chi connectivity index (χ3n) is 6.99. The van der Waals surface area contributed by atoms with Gasteiger partial charge in [-0.2, -0.15) is 5.21 Å². The van der Waals surface area contributed by atoms with Crippen molar-refractivity contribution < 1.29 is 14.3 Å². The van der Waals surface area contributed by atoms with Gasteiger partial charge in [0.15, 0.2) is 5.65 Å². The number of nitrogens with one attached hydrogen (secondary N) is 1. The first kappa shape index (κ1) is 25.3. The summed E-state index contributed by atoms with van der Waals surface area (Å²) in [4.78, 5) is 9.63. The van der Waals surface area contributed by atoms with Crippen molar-refractivity contribution in [2.45, 2.75) is 39.4 Å². The maximum absolute atomic E-state index is 14.2. The van der Waals surface area contributed by atoms with Crippen LogP contribution in [-0.4, -0.2) is 40.4 Å². The molecule has 0 fully saturated rings. The molecule has 0 aliphatic carbocycles. The van der Waals surface area contributed by atoms with E-state index in [1.807, 2.05) is 30.3 Å². The number of benzene rings is 2. The highest BCUT2D eigenvalue weighted by molar-refractivity contribution is 5.81. The van der Waals surface area contributed by atoms with Crippen molar-refractivity contribution in [3.63, 3.8) is 0 Å². The Hall–Kier alpha value is -4.99. The number of aromatic nitrogens is 8. The number of rotatable bonds is 9. The number of hydrogen-bond donors (Lipinski definition) is 2. The maximum Gasteiger partial charge on any atom is 0.266 e. The van der Waals surface area contributed by atoms with Gasteiger partial charge in [0.05, 0.1) is 17.8 Å². The zero-order chi connectivity index (χ0) is 27.5. The lowest BCUT2D eigenvalue weighted by Gasteiger charge is -2.11. The van der Waals surface area contributed by atoms with E-state index in [0.29, 0.717) is 34.8 Å². The first-order chi connectivity index (χ1) is 19.7. The van der Waals surface area contributed by atoms with Crippen LogP contribution in [0.2, 0.25) is 0 Å². The van der Waals surface area contributed by atoms with Gasteiger partial charge in [0.25, 0.3) is 5.69 Å². The molecule has 4 aromatic heterocycles. The van der Waals surface area contributed by atoms with Crippen molar-refractivity contribution in [2.75, 3.05) is 0 Å². The minimum absolute atomic E-state index is 0.262. The summed E-state index contributed by atoms with van der Waals surface area (Å²) in [6.07, 6.45) is 4.31. The molecular formula is C30H28FN8O+. The van der Waals surface area contributed by atoms with Crippen LogP contribution in [0.25, 0.3) is 44.9 Å². The molecule has 0 spiro atoms. The number of halogens is 1. The topological polar surface area (TPSA) is 109 Å². The number of H-pyrrole nitrogens is 1. The van der Waals surface area contributed by atoms with Crippen LogP contribution in [0.15, 0.2) is 79.0 Å². The number of unbranched alkanes of at least 4 members (excludes halogenated alkanes) is 1. The van der Waals surface area contributed by atoms with Gasteiger partial charge < -0.3 is 4.57 Å². The molecule has 0 unspecified atom stereocenters. The van der Waals surface area contributed by atoms with Crippen molar-refractivity contribution in [1.82, 2.24) is 35.2 Å². The Morgan fingerprint density at radius 2 is 1.75 bits per heavy atom. The van der Waals surface area contributed by atoms with E-state index in [0.717, 1.165) is 52.1 Å². The van der Waals surface area contributed by atoms with Gasteiger partial charge in [-0.1, -0.05) is 61.9 Å². The number of tetrazole rings is 1. The molecule has 4 heterocycles. The van der Waals surface area contributed by atoms with Crippen LogP contribution in [0, 0.1) is 0 Å². The number of pyridine rings is 2. The largest absolute Gasteiger partial charge is 0.308 e. The van der Waals surface area contributed by atoms with Gasteiger partial charge in [-0.3, -0.25) is 5.21 Å². The standard InChI is InChI=1S/C30H28FN8O/c1-2-3-11-28-32-25-17-24(27-10-6-7-16-39(27)40)26(18-31)33-30(25)38(28)19-20-12-14-21(15-13-20)22-8-4-5-9-23(22)29-34-36-37-35-29/h4-10,12-17,40H,2-3,11,18-19H2,1H3,(H,34,35,36,37)/q+1.